The summed E-state index contributed by atoms with van der Waals surface area (Å²) in [6, 6.07) is 3.99. The Balaban J connectivity index is 2.06. The van der Waals surface area contributed by atoms with Crippen LogP contribution in [0.4, 0.5) is 26.3 Å². The lowest BCUT2D eigenvalue weighted by molar-refractivity contribution is -0.288. The summed E-state index contributed by atoms with van der Waals surface area (Å²) in [6.07, 6.45) is -11.7. The molecule has 2 aliphatic rings. The van der Waals surface area contributed by atoms with E-state index in [-0.39, 0.29) is 33.8 Å². The van der Waals surface area contributed by atoms with Crippen LogP contribution in [0.15, 0.2) is 49.6 Å². The van der Waals surface area contributed by atoms with Crippen molar-refractivity contribution >= 4 is 23.5 Å². The van der Waals surface area contributed by atoms with E-state index in [4.69, 9.17) is 9.47 Å². The predicted octanol–water partition coefficient (Wildman–Crippen LogP) is 5.38. The van der Waals surface area contributed by atoms with E-state index in [1.54, 1.807) is 0 Å². The Morgan fingerprint density at radius 1 is 0.613 bits per heavy atom. The fraction of sp³-hybridized carbons (Fsp3) is 0.143. The monoisotopic (exact) mass is 440 g/mol. The highest BCUT2D eigenvalue weighted by molar-refractivity contribution is 6.03. The maximum Gasteiger partial charge on any atom is 0.411 e. The summed E-state index contributed by atoms with van der Waals surface area (Å²) < 4.78 is 95.4. The van der Waals surface area contributed by atoms with Gasteiger partial charge in [-0.25, -0.2) is 9.59 Å². The molecule has 0 amide bonds. The second kappa shape index (κ2) is 6.22. The number of halogens is 6. The summed E-state index contributed by atoms with van der Waals surface area (Å²) in [6.45, 7) is 6.72. The third kappa shape index (κ3) is 2.70. The first-order valence-electron chi connectivity index (χ1n) is 8.54. The van der Waals surface area contributed by atoms with Gasteiger partial charge < -0.3 is 9.47 Å². The van der Waals surface area contributed by atoms with Crippen LogP contribution in [0.2, 0.25) is 0 Å². The number of ether oxygens (including phenoxy) is 2. The van der Waals surface area contributed by atoms with Crippen molar-refractivity contribution < 1.29 is 45.4 Å². The Morgan fingerprint density at radius 3 is 1.29 bits per heavy atom. The molecule has 0 saturated carbocycles. The Labute approximate surface area is 170 Å². The maximum absolute atomic E-state index is 14.3. The van der Waals surface area contributed by atoms with E-state index >= 15 is 0 Å². The zero-order valence-electron chi connectivity index (χ0n) is 15.3. The zero-order chi connectivity index (χ0) is 22.9. The molecule has 160 valence electrons. The molecule has 0 unspecified atom stereocenters. The van der Waals surface area contributed by atoms with E-state index in [0.717, 1.165) is 12.1 Å². The molecule has 0 saturated heterocycles. The first-order valence-corrected chi connectivity index (χ1v) is 8.54. The molecule has 0 atom stereocenters. The van der Waals surface area contributed by atoms with Crippen LogP contribution in [0.5, 0.6) is 0 Å². The van der Waals surface area contributed by atoms with Crippen LogP contribution in [-0.2, 0) is 14.9 Å². The largest absolute Gasteiger partial charge is 0.423 e. The smallest absolute Gasteiger partial charge is 0.411 e. The lowest BCUT2D eigenvalue weighted by atomic mass is 9.71. The van der Waals surface area contributed by atoms with Crippen molar-refractivity contribution in [2.45, 2.75) is 17.8 Å². The Bertz CT molecular complexity index is 1100. The fourth-order valence-corrected chi connectivity index (χ4v) is 3.80. The summed E-state index contributed by atoms with van der Waals surface area (Å²) in [4.78, 5) is 23.4. The lowest BCUT2D eigenvalue weighted by Crippen LogP contribution is -2.54. The number of carbonyl (C=O) groups excluding carboxylic acids is 2. The Kier molecular flexibility index (Phi) is 4.16. The molecule has 2 aromatic rings. The van der Waals surface area contributed by atoms with Gasteiger partial charge in [0, 0.05) is 11.1 Å². The molecular formula is C21H10F6O4. The molecule has 31 heavy (non-hydrogen) atoms. The summed E-state index contributed by atoms with van der Waals surface area (Å²) in [5, 5.41) is 0. The minimum absolute atomic E-state index is 0.201. The summed E-state index contributed by atoms with van der Waals surface area (Å²) in [7, 11) is 0. The topological polar surface area (TPSA) is 52.6 Å². The molecule has 4 nitrogen and oxygen atoms in total. The van der Waals surface area contributed by atoms with Crippen molar-refractivity contribution in [2.75, 3.05) is 0 Å². The first-order chi connectivity index (χ1) is 14.3. The average Bonchev–Trinajstić information content (AvgIpc) is 3.09. The molecule has 0 aromatic heterocycles. The highest BCUT2D eigenvalue weighted by atomic mass is 19.4. The van der Waals surface area contributed by atoms with Crippen LogP contribution in [0.3, 0.4) is 0 Å². The molecule has 0 fully saturated rings. The van der Waals surface area contributed by atoms with Crippen molar-refractivity contribution in [1.29, 1.82) is 0 Å². The number of alkyl halides is 6. The van der Waals surface area contributed by atoms with Crippen molar-refractivity contribution in [3.63, 3.8) is 0 Å². The van der Waals surface area contributed by atoms with E-state index in [0.29, 0.717) is 24.3 Å². The standard InChI is InChI=1S/C21H10F6O4/c1-9-15-7-11(3-5-13(15)17(28)30-9)19(20(22,23)24,21(25,26)27)12-4-6-14-16(8-12)10(2)31-18(14)29/h3-8H,1-2H2. The number of carbonyl (C=O) groups is 2. The number of hydrogen-bond donors (Lipinski definition) is 0. The van der Waals surface area contributed by atoms with Crippen molar-refractivity contribution in [3.8, 4) is 0 Å². The number of rotatable bonds is 2. The maximum atomic E-state index is 14.3. The van der Waals surface area contributed by atoms with Crippen LogP contribution >= 0.6 is 0 Å². The van der Waals surface area contributed by atoms with Gasteiger partial charge in [-0.2, -0.15) is 26.3 Å². The van der Waals surface area contributed by atoms with Crippen molar-refractivity contribution in [3.05, 3.63) is 82.9 Å². The van der Waals surface area contributed by atoms with E-state index < -0.39 is 40.8 Å². The van der Waals surface area contributed by atoms with Gasteiger partial charge in [0.15, 0.2) is 0 Å². The molecule has 0 N–H and O–H groups in total. The summed E-state index contributed by atoms with van der Waals surface area (Å²) >= 11 is 0. The second-order valence-electron chi connectivity index (χ2n) is 6.89. The van der Waals surface area contributed by atoms with Crippen LogP contribution in [0.1, 0.15) is 43.0 Å². The van der Waals surface area contributed by atoms with Crippen LogP contribution in [-0.4, -0.2) is 24.3 Å². The highest BCUT2D eigenvalue weighted by Crippen LogP contribution is 2.57. The van der Waals surface area contributed by atoms with Gasteiger partial charge in [-0.1, -0.05) is 25.3 Å². The molecule has 2 aromatic carbocycles. The number of benzene rings is 2. The van der Waals surface area contributed by atoms with E-state index in [1.165, 1.54) is 0 Å². The van der Waals surface area contributed by atoms with Gasteiger partial charge in [0.2, 0.25) is 5.41 Å². The van der Waals surface area contributed by atoms with Gasteiger partial charge in [0.05, 0.1) is 11.1 Å². The van der Waals surface area contributed by atoms with E-state index in [9.17, 15) is 35.9 Å². The number of fused-ring (bicyclic) bond motifs is 2. The minimum atomic E-state index is -5.86. The van der Waals surface area contributed by atoms with Gasteiger partial charge in [0.25, 0.3) is 0 Å². The SMILES string of the molecule is C=C1OC(=O)c2ccc(C(c3ccc4c(c3)C(=C)OC4=O)(C(F)(F)F)C(F)(F)F)cc21. The number of esters is 2. The van der Waals surface area contributed by atoms with Gasteiger partial charge in [-0.15, -0.1) is 0 Å². The molecule has 0 aliphatic carbocycles. The lowest BCUT2D eigenvalue weighted by Gasteiger charge is -2.38. The van der Waals surface area contributed by atoms with Crippen LogP contribution < -0.4 is 0 Å². The van der Waals surface area contributed by atoms with Gasteiger partial charge in [0.1, 0.15) is 11.5 Å². The van der Waals surface area contributed by atoms with Crippen molar-refractivity contribution in [2.24, 2.45) is 0 Å². The minimum Gasteiger partial charge on any atom is -0.423 e. The third-order valence-corrected chi connectivity index (χ3v) is 5.23. The molecule has 0 bridgehead atoms. The van der Waals surface area contributed by atoms with Crippen LogP contribution in [0.25, 0.3) is 11.5 Å². The summed E-state index contributed by atoms with van der Waals surface area (Å²) in [5.41, 5.74) is -7.82. The molecule has 2 aliphatic heterocycles. The first kappa shape index (κ1) is 20.7. The molecule has 10 heteroatoms. The third-order valence-electron chi connectivity index (χ3n) is 5.23. The molecule has 2 heterocycles. The zero-order valence-corrected chi connectivity index (χ0v) is 15.3. The number of hydrogen-bond acceptors (Lipinski definition) is 4. The molecular weight excluding hydrogens is 430 g/mol. The van der Waals surface area contributed by atoms with E-state index in [2.05, 4.69) is 13.2 Å². The Hall–Kier alpha value is -3.56. The molecule has 0 spiro atoms. The summed E-state index contributed by atoms with van der Waals surface area (Å²) in [5.74, 6) is -2.58. The second-order valence-corrected chi connectivity index (χ2v) is 6.89. The van der Waals surface area contributed by atoms with Crippen LogP contribution in [0, 0.1) is 0 Å². The van der Waals surface area contributed by atoms with Gasteiger partial charge in [-0.05, 0) is 35.4 Å². The fourth-order valence-electron chi connectivity index (χ4n) is 3.80. The average molecular weight is 440 g/mol. The normalized spacial score (nSPS) is 16.2. The van der Waals surface area contributed by atoms with E-state index in [1.807, 2.05) is 0 Å². The van der Waals surface area contributed by atoms with Gasteiger partial charge >= 0.3 is 24.3 Å². The molecule has 4 rings (SSSR count). The predicted molar refractivity (Wildman–Crippen MR) is 94.7 cm³/mol. The van der Waals surface area contributed by atoms with Crippen molar-refractivity contribution in [1.82, 2.24) is 0 Å². The molecule has 0 radical (unpaired) electrons. The number of cyclic esters (lactones) is 2. The van der Waals surface area contributed by atoms with Gasteiger partial charge in [-0.3, -0.25) is 0 Å². The quantitative estimate of drug-likeness (QED) is 0.465. The Morgan fingerprint density at radius 2 is 0.968 bits per heavy atom. The highest BCUT2D eigenvalue weighted by Gasteiger charge is 2.72.